The Kier molecular flexibility index (Phi) is 4.48. The molecule has 2 aliphatic heterocycles. The molecule has 0 spiro atoms. The maximum Gasteiger partial charge on any atom is 0.269 e. The van der Waals surface area contributed by atoms with Crippen LogP contribution in [0.2, 0.25) is 0 Å². The Morgan fingerprint density at radius 3 is 2.69 bits per heavy atom. The summed E-state index contributed by atoms with van der Waals surface area (Å²) in [5.41, 5.74) is 0.189. The summed E-state index contributed by atoms with van der Waals surface area (Å²) >= 11 is 0. The van der Waals surface area contributed by atoms with Crippen LogP contribution in [0.3, 0.4) is 0 Å². The summed E-state index contributed by atoms with van der Waals surface area (Å²) in [6, 6.07) is 6.38. The first-order valence-electron chi connectivity index (χ1n) is 9.16. The molecule has 0 aromatic heterocycles. The Hall–Kier alpha value is -1.93. The van der Waals surface area contributed by atoms with E-state index in [-0.39, 0.29) is 35.4 Å². The molecular weight excluding hydrogens is 354 g/mol. The standard InChI is InChI=1S/C18H23N3O4S/c22-17(20-11-9-19-12-15(20)13-4-3-5-13)8-10-21-18(23)14-6-1-2-7-16(14)26(21,24)25/h1-2,6-7,13,15,19H,3-5,8-12H2. The number of nitrogens with one attached hydrogen (secondary N) is 1. The summed E-state index contributed by atoms with van der Waals surface area (Å²) in [5.74, 6) is -0.0697. The van der Waals surface area contributed by atoms with Gasteiger partial charge in [-0.05, 0) is 30.9 Å². The number of sulfonamides is 1. The van der Waals surface area contributed by atoms with Crippen molar-refractivity contribution >= 4 is 21.8 Å². The van der Waals surface area contributed by atoms with E-state index >= 15 is 0 Å². The van der Waals surface area contributed by atoms with E-state index in [2.05, 4.69) is 5.32 Å². The minimum absolute atomic E-state index is 0.0299. The molecule has 4 rings (SSSR count). The molecule has 1 unspecified atom stereocenters. The molecule has 1 atom stereocenters. The first-order chi connectivity index (χ1) is 12.5. The lowest BCUT2D eigenvalue weighted by Crippen LogP contribution is -2.58. The molecule has 1 aliphatic carbocycles. The van der Waals surface area contributed by atoms with Gasteiger partial charge in [0.1, 0.15) is 4.90 Å². The number of amides is 2. The largest absolute Gasteiger partial charge is 0.337 e. The summed E-state index contributed by atoms with van der Waals surface area (Å²) in [7, 11) is -3.84. The molecule has 1 aromatic carbocycles. The molecule has 3 aliphatic rings. The normalized spacial score (nSPS) is 25.1. The van der Waals surface area contributed by atoms with Gasteiger partial charge in [-0.2, -0.15) is 0 Å². The number of benzene rings is 1. The third-order valence-electron chi connectivity index (χ3n) is 5.74. The van der Waals surface area contributed by atoms with E-state index in [0.717, 1.165) is 30.2 Å². The molecule has 140 valence electrons. The van der Waals surface area contributed by atoms with Gasteiger partial charge in [-0.1, -0.05) is 18.6 Å². The zero-order valence-electron chi connectivity index (χ0n) is 14.6. The summed E-state index contributed by atoms with van der Waals surface area (Å²) in [4.78, 5) is 27.1. The third-order valence-corrected chi connectivity index (χ3v) is 7.58. The van der Waals surface area contributed by atoms with Gasteiger partial charge in [0.2, 0.25) is 5.91 Å². The third kappa shape index (κ3) is 2.81. The zero-order chi connectivity index (χ0) is 18.3. The van der Waals surface area contributed by atoms with E-state index in [4.69, 9.17) is 0 Å². The molecule has 1 saturated carbocycles. The van der Waals surface area contributed by atoms with E-state index in [1.165, 1.54) is 18.6 Å². The number of nitrogens with zero attached hydrogens (tertiary/aromatic N) is 2. The first-order valence-corrected chi connectivity index (χ1v) is 10.6. The minimum atomic E-state index is -3.84. The van der Waals surface area contributed by atoms with Crippen LogP contribution in [0, 0.1) is 5.92 Å². The van der Waals surface area contributed by atoms with Crippen molar-refractivity contribution in [1.82, 2.24) is 14.5 Å². The second-order valence-electron chi connectivity index (χ2n) is 7.18. The monoisotopic (exact) mass is 377 g/mol. The van der Waals surface area contributed by atoms with Crippen LogP contribution in [-0.2, 0) is 14.8 Å². The molecule has 26 heavy (non-hydrogen) atoms. The summed E-state index contributed by atoms with van der Waals surface area (Å²) in [5, 5.41) is 3.34. The zero-order valence-corrected chi connectivity index (χ0v) is 15.4. The topological polar surface area (TPSA) is 86.8 Å². The van der Waals surface area contributed by atoms with Crippen molar-refractivity contribution in [2.24, 2.45) is 5.92 Å². The van der Waals surface area contributed by atoms with Crippen molar-refractivity contribution in [3.8, 4) is 0 Å². The van der Waals surface area contributed by atoms with Gasteiger partial charge in [-0.25, -0.2) is 12.7 Å². The number of hydrogen-bond acceptors (Lipinski definition) is 5. The van der Waals surface area contributed by atoms with Crippen molar-refractivity contribution in [3.05, 3.63) is 29.8 Å². The first kappa shape index (κ1) is 17.5. The van der Waals surface area contributed by atoms with E-state index in [0.29, 0.717) is 12.5 Å². The fraction of sp³-hybridized carbons (Fsp3) is 0.556. The molecule has 0 radical (unpaired) electrons. The second kappa shape index (κ2) is 6.66. The van der Waals surface area contributed by atoms with Gasteiger partial charge in [-0.15, -0.1) is 0 Å². The van der Waals surface area contributed by atoms with Gasteiger partial charge < -0.3 is 10.2 Å². The molecule has 2 fully saturated rings. The molecule has 1 aromatic rings. The van der Waals surface area contributed by atoms with Crippen molar-refractivity contribution in [1.29, 1.82) is 0 Å². The van der Waals surface area contributed by atoms with Crippen LogP contribution in [0.5, 0.6) is 0 Å². The maximum atomic E-state index is 12.8. The molecule has 0 bridgehead atoms. The number of hydrogen-bond donors (Lipinski definition) is 1. The summed E-state index contributed by atoms with van der Waals surface area (Å²) in [6.45, 7) is 2.08. The minimum Gasteiger partial charge on any atom is -0.337 e. The van der Waals surface area contributed by atoms with Crippen molar-refractivity contribution in [2.75, 3.05) is 26.2 Å². The van der Waals surface area contributed by atoms with Gasteiger partial charge in [0, 0.05) is 38.6 Å². The van der Waals surface area contributed by atoms with E-state index in [9.17, 15) is 18.0 Å². The average Bonchev–Trinajstić information content (AvgIpc) is 2.79. The SMILES string of the molecule is O=C(CCN1C(=O)c2ccccc2S1(=O)=O)N1CCNCC1C1CCC1. The quantitative estimate of drug-likeness (QED) is 0.840. The molecule has 2 amide bonds. The van der Waals surface area contributed by atoms with E-state index in [1.54, 1.807) is 12.1 Å². The number of carbonyl (C=O) groups is 2. The van der Waals surface area contributed by atoms with Crippen molar-refractivity contribution in [3.63, 3.8) is 0 Å². The Balaban J connectivity index is 1.45. The maximum absolute atomic E-state index is 12.8. The highest BCUT2D eigenvalue weighted by molar-refractivity contribution is 7.90. The predicted octanol–water partition coefficient (Wildman–Crippen LogP) is 0.822. The second-order valence-corrected chi connectivity index (χ2v) is 9.01. The summed E-state index contributed by atoms with van der Waals surface area (Å²) in [6.07, 6.45) is 3.53. The van der Waals surface area contributed by atoms with Crippen LogP contribution in [0.1, 0.15) is 36.0 Å². The van der Waals surface area contributed by atoms with Crippen LogP contribution in [0.4, 0.5) is 0 Å². The summed E-state index contributed by atoms with van der Waals surface area (Å²) < 4.78 is 26.0. The fourth-order valence-corrected chi connectivity index (χ4v) is 5.64. The lowest BCUT2D eigenvalue weighted by molar-refractivity contribution is -0.136. The van der Waals surface area contributed by atoms with E-state index in [1.807, 2.05) is 4.90 Å². The van der Waals surface area contributed by atoms with Gasteiger partial charge >= 0.3 is 0 Å². The number of rotatable bonds is 4. The Bertz CT molecular complexity index is 835. The van der Waals surface area contributed by atoms with Gasteiger partial charge in [-0.3, -0.25) is 9.59 Å². The molecule has 8 heteroatoms. The van der Waals surface area contributed by atoms with Crippen LogP contribution in [-0.4, -0.2) is 61.7 Å². The number of piperazine rings is 1. The lowest BCUT2D eigenvalue weighted by Gasteiger charge is -2.44. The van der Waals surface area contributed by atoms with Crippen LogP contribution in [0.15, 0.2) is 29.2 Å². The van der Waals surface area contributed by atoms with Gasteiger partial charge in [0.25, 0.3) is 15.9 Å². The Morgan fingerprint density at radius 2 is 2.00 bits per heavy atom. The van der Waals surface area contributed by atoms with Gasteiger partial charge in [0.15, 0.2) is 0 Å². The highest BCUT2D eigenvalue weighted by Gasteiger charge is 2.41. The molecular formula is C18H23N3O4S. The van der Waals surface area contributed by atoms with Crippen molar-refractivity contribution < 1.29 is 18.0 Å². The Labute approximate surface area is 153 Å². The average molecular weight is 377 g/mol. The molecule has 7 nitrogen and oxygen atoms in total. The molecule has 1 saturated heterocycles. The number of fused-ring (bicyclic) bond motifs is 1. The van der Waals surface area contributed by atoms with Crippen LogP contribution < -0.4 is 5.32 Å². The highest BCUT2D eigenvalue weighted by atomic mass is 32.2. The lowest BCUT2D eigenvalue weighted by atomic mass is 9.78. The van der Waals surface area contributed by atoms with Crippen LogP contribution in [0.25, 0.3) is 0 Å². The van der Waals surface area contributed by atoms with Crippen molar-refractivity contribution in [2.45, 2.75) is 36.6 Å². The highest BCUT2D eigenvalue weighted by Crippen LogP contribution is 2.33. The predicted molar refractivity (Wildman–Crippen MR) is 95.0 cm³/mol. The number of carbonyl (C=O) groups excluding carboxylic acids is 2. The molecule has 2 heterocycles. The molecule has 1 N–H and O–H groups in total. The van der Waals surface area contributed by atoms with E-state index < -0.39 is 15.9 Å². The van der Waals surface area contributed by atoms with Crippen LogP contribution >= 0.6 is 0 Å². The smallest absolute Gasteiger partial charge is 0.269 e. The van der Waals surface area contributed by atoms with Gasteiger partial charge in [0.05, 0.1) is 5.56 Å². The Morgan fingerprint density at radius 1 is 1.23 bits per heavy atom. The fourth-order valence-electron chi connectivity index (χ4n) is 4.07.